The van der Waals surface area contributed by atoms with Crippen molar-refractivity contribution in [3.05, 3.63) is 96.1 Å². The third-order valence-corrected chi connectivity index (χ3v) is 7.48. The lowest BCUT2D eigenvalue weighted by atomic mass is 9.92. The summed E-state index contributed by atoms with van der Waals surface area (Å²) in [7, 11) is 3.14. The Hall–Kier alpha value is -4.28. The fourth-order valence-electron chi connectivity index (χ4n) is 4.58. The summed E-state index contributed by atoms with van der Waals surface area (Å²) in [5.74, 6) is -0.529. The molecule has 0 fully saturated rings. The zero-order valence-corrected chi connectivity index (χ0v) is 31.4. The topological polar surface area (TPSA) is 157 Å². The van der Waals surface area contributed by atoms with Crippen LogP contribution in [-0.4, -0.2) is 61.3 Å². The Kier molecular flexibility index (Phi) is 22.7. The molecule has 0 heterocycles. The van der Waals surface area contributed by atoms with Crippen LogP contribution in [0.15, 0.2) is 85.0 Å². The number of benzene rings is 2. The lowest BCUT2D eigenvalue weighted by molar-refractivity contribution is -0.121. The minimum absolute atomic E-state index is 0. The number of carbonyl (C=O) groups is 5. The molecule has 11 heteroatoms. The number of nitrogens with one attached hydrogen (secondary N) is 3. The van der Waals surface area contributed by atoms with Crippen LogP contribution in [0.1, 0.15) is 71.4 Å². The molecule has 5 N–H and O–H groups in total. The van der Waals surface area contributed by atoms with Crippen molar-refractivity contribution in [2.45, 2.75) is 90.8 Å². The maximum absolute atomic E-state index is 12.6. The van der Waals surface area contributed by atoms with E-state index in [1.54, 1.807) is 54.8 Å². The quantitative estimate of drug-likeness (QED) is 0.154. The summed E-state index contributed by atoms with van der Waals surface area (Å²) in [6.07, 6.45) is 9.71. The third kappa shape index (κ3) is 21.6. The Labute approximate surface area is 304 Å². The lowest BCUT2D eigenvalue weighted by Gasteiger charge is -2.22. The first kappa shape index (κ1) is 45.7. The van der Waals surface area contributed by atoms with Gasteiger partial charge in [0.2, 0.25) is 11.8 Å². The summed E-state index contributed by atoms with van der Waals surface area (Å²) >= 11 is 0. The Bertz CT molecular complexity index is 1370. The molecule has 276 valence electrons. The monoisotopic (exact) mass is 712 g/mol. The highest BCUT2D eigenvalue weighted by Crippen LogP contribution is 2.18. The van der Waals surface area contributed by atoms with Crippen LogP contribution in [0.2, 0.25) is 0 Å². The molecular formula is C39H57ClN4O6. The van der Waals surface area contributed by atoms with Crippen molar-refractivity contribution in [2.24, 2.45) is 17.6 Å². The number of allylic oxidation sites excluding steroid dienone is 2. The average molecular weight is 713 g/mol. The lowest BCUT2D eigenvalue weighted by Crippen LogP contribution is -2.42. The molecule has 10 nitrogen and oxygen atoms in total. The van der Waals surface area contributed by atoms with Crippen LogP contribution in [0.5, 0.6) is 0 Å². The summed E-state index contributed by atoms with van der Waals surface area (Å²) in [4.78, 5) is 59.1. The van der Waals surface area contributed by atoms with Crippen molar-refractivity contribution in [3.8, 4) is 0 Å². The van der Waals surface area contributed by atoms with Gasteiger partial charge in [0.05, 0.1) is 12.1 Å². The van der Waals surface area contributed by atoms with E-state index in [4.69, 9.17) is 10.5 Å². The molecule has 0 spiro atoms. The zero-order valence-electron chi connectivity index (χ0n) is 30.6. The van der Waals surface area contributed by atoms with Gasteiger partial charge in [-0.25, -0.2) is 4.79 Å². The molecular weight excluding hydrogens is 656 g/mol. The molecule has 0 aliphatic carbocycles. The average Bonchev–Trinajstić information content (AvgIpc) is 3.06. The van der Waals surface area contributed by atoms with E-state index in [9.17, 15) is 24.0 Å². The van der Waals surface area contributed by atoms with E-state index in [0.29, 0.717) is 6.42 Å². The largest absolute Gasteiger partial charge is 0.444 e. The van der Waals surface area contributed by atoms with E-state index >= 15 is 0 Å². The number of ketones is 2. The number of alkyl carbamates (subject to hydrolysis) is 1. The van der Waals surface area contributed by atoms with Crippen LogP contribution in [0.4, 0.5) is 4.79 Å². The highest BCUT2D eigenvalue weighted by atomic mass is 35.5. The number of Topliss-reactive ketones (excluding diaryl/α,β-unsaturated/α-hetero) is 2. The van der Waals surface area contributed by atoms with Crippen molar-refractivity contribution in [1.29, 1.82) is 0 Å². The van der Waals surface area contributed by atoms with Crippen LogP contribution in [-0.2, 0) is 36.8 Å². The van der Waals surface area contributed by atoms with Crippen LogP contribution in [0.25, 0.3) is 0 Å². The van der Waals surface area contributed by atoms with Gasteiger partial charge in [-0.1, -0.05) is 72.8 Å². The molecule has 0 aliphatic heterocycles. The van der Waals surface area contributed by atoms with Gasteiger partial charge < -0.3 is 26.4 Å². The van der Waals surface area contributed by atoms with Gasteiger partial charge in [-0.2, -0.15) is 0 Å². The number of carbonyl (C=O) groups excluding carboxylic acids is 5. The predicted molar refractivity (Wildman–Crippen MR) is 202 cm³/mol. The van der Waals surface area contributed by atoms with Gasteiger partial charge in [0.15, 0.2) is 5.78 Å². The number of amides is 3. The van der Waals surface area contributed by atoms with Crippen LogP contribution >= 0.6 is 12.4 Å². The van der Waals surface area contributed by atoms with Crippen LogP contribution < -0.4 is 21.7 Å². The molecule has 2 rings (SSSR count). The highest BCUT2D eigenvalue weighted by molar-refractivity contribution is 5.89. The molecule has 2 aromatic carbocycles. The molecule has 0 saturated carbocycles. The standard InChI is InChI=1S/C22H32N2O4.C17H24N2O2.ClH/c1-16(24-21(27)28-22(2,3)4)19(25)15-18(13-14-20(26)23-5)12-11-17-9-7-6-8-10-17;1-13(18)16(20)12-15(10-11-17(21)19-2)9-8-14-6-4-3-5-7-14;/h6-10,13-14,16,18H,11-12,15H2,1-5H3,(H,23,26)(H,24,27);3-7,10-11,13,15H,8-9,12,18H2,1-2H3,(H,19,21);1H/b14-13+;11-10+;/t16-,18-;13-,15-;/m00./s1. The van der Waals surface area contributed by atoms with Gasteiger partial charge in [0, 0.05) is 26.9 Å². The maximum atomic E-state index is 12.6. The number of hydrogen-bond donors (Lipinski definition) is 4. The number of rotatable bonds is 17. The van der Waals surface area contributed by atoms with E-state index in [1.165, 1.54) is 23.3 Å². The van der Waals surface area contributed by atoms with Gasteiger partial charge in [-0.3, -0.25) is 19.2 Å². The van der Waals surface area contributed by atoms with Gasteiger partial charge >= 0.3 is 6.09 Å². The second-order valence-electron chi connectivity index (χ2n) is 13.0. The number of hydrogen-bond acceptors (Lipinski definition) is 7. The Morgan fingerprint density at radius 2 is 1.12 bits per heavy atom. The van der Waals surface area contributed by atoms with Crippen molar-refractivity contribution < 1.29 is 28.7 Å². The zero-order chi connectivity index (χ0) is 36.8. The van der Waals surface area contributed by atoms with Gasteiger partial charge in [-0.15, -0.1) is 12.4 Å². The molecule has 2 aromatic rings. The van der Waals surface area contributed by atoms with Crippen molar-refractivity contribution in [2.75, 3.05) is 14.1 Å². The van der Waals surface area contributed by atoms with Crippen molar-refractivity contribution in [3.63, 3.8) is 0 Å². The molecule has 0 bridgehead atoms. The van der Waals surface area contributed by atoms with E-state index in [0.717, 1.165) is 25.7 Å². The second kappa shape index (κ2) is 24.8. The Balaban J connectivity index is 0.000000978. The minimum atomic E-state index is -0.664. The normalized spacial score (nSPS) is 13.4. The van der Waals surface area contributed by atoms with Gasteiger partial charge in [0.1, 0.15) is 11.4 Å². The summed E-state index contributed by atoms with van der Waals surface area (Å²) in [6.45, 7) is 8.63. The first-order chi connectivity index (χ1) is 23.1. The minimum Gasteiger partial charge on any atom is -0.444 e. The van der Waals surface area contributed by atoms with E-state index in [1.807, 2.05) is 54.6 Å². The molecule has 3 amide bonds. The molecule has 0 saturated heterocycles. The summed E-state index contributed by atoms with van der Waals surface area (Å²) < 4.78 is 5.19. The predicted octanol–water partition coefficient (Wildman–Crippen LogP) is 5.68. The van der Waals surface area contributed by atoms with E-state index < -0.39 is 23.8 Å². The summed E-state index contributed by atoms with van der Waals surface area (Å²) in [5, 5.41) is 7.65. The molecule has 0 aliphatic rings. The van der Waals surface area contributed by atoms with E-state index in [-0.39, 0.29) is 54.0 Å². The summed E-state index contributed by atoms with van der Waals surface area (Å²) in [5.41, 5.74) is 7.40. The van der Waals surface area contributed by atoms with Gasteiger partial charge in [0.25, 0.3) is 0 Å². The number of halogens is 1. The Morgan fingerprint density at radius 1 is 0.720 bits per heavy atom. The second-order valence-corrected chi connectivity index (χ2v) is 13.0. The molecule has 0 aromatic heterocycles. The highest BCUT2D eigenvalue weighted by Gasteiger charge is 2.23. The fraction of sp³-hybridized carbons (Fsp3) is 0.462. The summed E-state index contributed by atoms with van der Waals surface area (Å²) in [6, 6.07) is 19.0. The van der Waals surface area contributed by atoms with Crippen LogP contribution in [0.3, 0.4) is 0 Å². The smallest absolute Gasteiger partial charge is 0.408 e. The maximum Gasteiger partial charge on any atom is 0.408 e. The number of aryl methyl sites for hydroxylation is 2. The number of ether oxygens (including phenoxy) is 1. The van der Waals surface area contributed by atoms with Crippen molar-refractivity contribution in [1.82, 2.24) is 16.0 Å². The molecule has 0 unspecified atom stereocenters. The molecule has 50 heavy (non-hydrogen) atoms. The van der Waals surface area contributed by atoms with Gasteiger partial charge in [-0.05, 0) is 95.4 Å². The third-order valence-electron chi connectivity index (χ3n) is 7.48. The first-order valence-electron chi connectivity index (χ1n) is 16.8. The fourth-order valence-corrected chi connectivity index (χ4v) is 4.58. The molecule has 0 radical (unpaired) electrons. The van der Waals surface area contributed by atoms with E-state index in [2.05, 4.69) is 28.1 Å². The Morgan fingerprint density at radius 3 is 1.48 bits per heavy atom. The SMILES string of the molecule is CNC(=O)/C=C/[C@H](CCc1ccccc1)CC(=O)[C@H](C)N.CNC(=O)/C=C/[C@H](CCc1ccccc1)CC(=O)[C@H](C)NC(=O)OC(C)(C)C.Cl. The number of nitrogens with two attached hydrogens (primary N) is 1. The number of likely N-dealkylation sites (N-methyl/N-ethyl adjacent to an activating group) is 2. The molecule has 4 atom stereocenters. The van der Waals surface area contributed by atoms with Crippen molar-refractivity contribution >= 4 is 41.9 Å². The first-order valence-corrected chi connectivity index (χ1v) is 16.8. The van der Waals surface area contributed by atoms with Crippen LogP contribution in [0, 0.1) is 11.8 Å².